The maximum Gasteiger partial charge on any atom is 0.317 e. The van der Waals surface area contributed by atoms with Gasteiger partial charge in [-0.05, 0) is 31.6 Å². The Morgan fingerprint density at radius 1 is 1.14 bits per heavy atom. The number of rotatable bonds is 4. The molecule has 2 amide bonds. The lowest BCUT2D eigenvalue weighted by Crippen LogP contribution is -2.56. The van der Waals surface area contributed by atoms with Crippen molar-refractivity contribution in [2.75, 3.05) is 19.7 Å². The first-order valence-corrected chi connectivity index (χ1v) is 7.94. The van der Waals surface area contributed by atoms with E-state index in [1.807, 2.05) is 0 Å². The highest BCUT2D eigenvalue weighted by Gasteiger charge is 2.37. The largest absolute Gasteiger partial charge is 0.481 e. The van der Waals surface area contributed by atoms with Crippen LogP contribution < -0.4 is 5.32 Å². The SMILES string of the molecule is O=C(O)CC1(NC(=O)N2CCC(CO)CC2)CCCCC1. The fourth-order valence-corrected chi connectivity index (χ4v) is 3.49. The number of piperidine rings is 1. The van der Waals surface area contributed by atoms with Gasteiger partial charge in [0.2, 0.25) is 0 Å². The molecule has 2 fully saturated rings. The van der Waals surface area contributed by atoms with Crippen LogP contribution in [-0.4, -0.2) is 52.3 Å². The first kappa shape index (κ1) is 16.1. The molecule has 0 spiro atoms. The zero-order valence-electron chi connectivity index (χ0n) is 12.5. The topological polar surface area (TPSA) is 89.9 Å². The van der Waals surface area contributed by atoms with Gasteiger partial charge in [-0.15, -0.1) is 0 Å². The smallest absolute Gasteiger partial charge is 0.317 e. The number of aliphatic carboxylic acids is 1. The molecule has 0 aromatic carbocycles. The quantitative estimate of drug-likeness (QED) is 0.735. The Morgan fingerprint density at radius 2 is 1.76 bits per heavy atom. The second kappa shape index (κ2) is 7.11. The van der Waals surface area contributed by atoms with Gasteiger partial charge in [0, 0.05) is 19.7 Å². The van der Waals surface area contributed by atoms with E-state index in [-0.39, 0.29) is 25.0 Å². The van der Waals surface area contributed by atoms with Crippen LogP contribution in [0.25, 0.3) is 0 Å². The summed E-state index contributed by atoms with van der Waals surface area (Å²) < 4.78 is 0. The first-order chi connectivity index (χ1) is 10.0. The normalized spacial score (nSPS) is 22.8. The highest BCUT2D eigenvalue weighted by atomic mass is 16.4. The molecule has 0 atom stereocenters. The van der Waals surface area contributed by atoms with Crippen LogP contribution in [0.4, 0.5) is 4.79 Å². The van der Waals surface area contributed by atoms with Gasteiger partial charge in [0.15, 0.2) is 0 Å². The predicted octanol–water partition coefficient (Wildman–Crippen LogP) is 1.58. The van der Waals surface area contributed by atoms with Gasteiger partial charge >= 0.3 is 12.0 Å². The molecule has 6 heteroatoms. The number of urea groups is 1. The number of hydrogen-bond acceptors (Lipinski definition) is 3. The van der Waals surface area contributed by atoms with Crippen molar-refractivity contribution in [1.29, 1.82) is 0 Å². The highest BCUT2D eigenvalue weighted by Crippen LogP contribution is 2.31. The number of carboxylic acids is 1. The van der Waals surface area contributed by atoms with Crippen LogP contribution in [0, 0.1) is 5.92 Å². The number of nitrogens with one attached hydrogen (secondary N) is 1. The van der Waals surface area contributed by atoms with Crippen LogP contribution in [0.1, 0.15) is 51.4 Å². The minimum atomic E-state index is -0.851. The van der Waals surface area contributed by atoms with E-state index in [1.54, 1.807) is 4.90 Å². The molecule has 120 valence electrons. The summed E-state index contributed by atoms with van der Waals surface area (Å²) in [5.41, 5.74) is -0.574. The van der Waals surface area contributed by atoms with Gasteiger partial charge in [-0.1, -0.05) is 19.3 Å². The van der Waals surface area contributed by atoms with Crippen molar-refractivity contribution in [2.24, 2.45) is 5.92 Å². The molecule has 2 rings (SSSR count). The second-order valence-electron chi connectivity index (χ2n) is 6.45. The van der Waals surface area contributed by atoms with Crippen LogP contribution in [0.15, 0.2) is 0 Å². The first-order valence-electron chi connectivity index (χ1n) is 7.94. The van der Waals surface area contributed by atoms with Gasteiger partial charge < -0.3 is 20.4 Å². The maximum atomic E-state index is 12.4. The van der Waals surface area contributed by atoms with Crippen molar-refractivity contribution < 1.29 is 19.8 Å². The summed E-state index contributed by atoms with van der Waals surface area (Å²) in [4.78, 5) is 25.3. The monoisotopic (exact) mass is 298 g/mol. The molecule has 3 N–H and O–H groups in total. The third-order valence-electron chi connectivity index (χ3n) is 4.83. The Morgan fingerprint density at radius 3 is 2.29 bits per heavy atom. The molecule has 1 saturated carbocycles. The summed E-state index contributed by atoms with van der Waals surface area (Å²) in [5, 5.41) is 21.3. The molecule has 1 heterocycles. The van der Waals surface area contributed by atoms with Crippen LogP contribution in [0.3, 0.4) is 0 Å². The average molecular weight is 298 g/mol. The zero-order valence-corrected chi connectivity index (χ0v) is 12.5. The summed E-state index contributed by atoms with van der Waals surface area (Å²) >= 11 is 0. The molecule has 1 aliphatic heterocycles. The number of likely N-dealkylation sites (tertiary alicyclic amines) is 1. The Hall–Kier alpha value is -1.30. The highest BCUT2D eigenvalue weighted by molar-refractivity contribution is 5.77. The van der Waals surface area contributed by atoms with E-state index in [4.69, 9.17) is 10.2 Å². The van der Waals surface area contributed by atoms with Gasteiger partial charge in [-0.2, -0.15) is 0 Å². The van der Waals surface area contributed by atoms with Gasteiger partial charge in [0.05, 0.1) is 12.0 Å². The Balaban J connectivity index is 1.93. The lowest BCUT2D eigenvalue weighted by Gasteiger charge is -2.40. The summed E-state index contributed by atoms with van der Waals surface area (Å²) in [6.07, 6.45) is 6.19. The standard InChI is InChI=1S/C15H26N2O4/c18-11-12-4-8-17(9-5-12)14(21)16-15(10-13(19)20)6-2-1-3-7-15/h12,18H,1-11H2,(H,16,21)(H,19,20). The number of carbonyl (C=O) groups is 2. The van der Waals surface area contributed by atoms with E-state index in [9.17, 15) is 9.59 Å². The maximum absolute atomic E-state index is 12.4. The lowest BCUT2D eigenvalue weighted by molar-refractivity contribution is -0.139. The van der Waals surface area contributed by atoms with Crippen molar-refractivity contribution in [2.45, 2.75) is 56.9 Å². The Labute approximate surface area is 125 Å². The van der Waals surface area contributed by atoms with E-state index >= 15 is 0 Å². The van der Waals surface area contributed by atoms with E-state index in [0.29, 0.717) is 13.1 Å². The molecule has 6 nitrogen and oxygen atoms in total. The van der Waals surface area contributed by atoms with Crippen LogP contribution in [-0.2, 0) is 4.79 Å². The van der Waals surface area contributed by atoms with Gasteiger partial charge in [-0.25, -0.2) is 4.79 Å². The fraction of sp³-hybridized carbons (Fsp3) is 0.867. The van der Waals surface area contributed by atoms with Crippen LogP contribution >= 0.6 is 0 Å². The number of hydrogen-bond donors (Lipinski definition) is 3. The molecule has 0 radical (unpaired) electrons. The Bertz CT molecular complexity index is 372. The molecule has 2 aliphatic rings. The van der Waals surface area contributed by atoms with E-state index in [1.165, 1.54) is 0 Å². The number of aliphatic hydroxyl groups is 1. The minimum Gasteiger partial charge on any atom is -0.481 e. The fourth-order valence-electron chi connectivity index (χ4n) is 3.49. The molecule has 0 aromatic heterocycles. The third kappa shape index (κ3) is 4.33. The average Bonchev–Trinajstić information content (AvgIpc) is 2.47. The van der Waals surface area contributed by atoms with Crippen molar-refractivity contribution in [1.82, 2.24) is 10.2 Å². The molecule has 1 saturated heterocycles. The lowest BCUT2D eigenvalue weighted by atomic mass is 9.79. The van der Waals surface area contributed by atoms with Gasteiger partial charge in [-0.3, -0.25) is 4.79 Å². The molecular weight excluding hydrogens is 272 g/mol. The third-order valence-corrected chi connectivity index (χ3v) is 4.83. The van der Waals surface area contributed by atoms with E-state index < -0.39 is 11.5 Å². The van der Waals surface area contributed by atoms with Crippen molar-refractivity contribution in [3.63, 3.8) is 0 Å². The molecular formula is C15H26N2O4. The Kier molecular flexibility index (Phi) is 5.45. The number of carbonyl (C=O) groups excluding carboxylic acids is 1. The van der Waals surface area contributed by atoms with Crippen molar-refractivity contribution in [3.8, 4) is 0 Å². The zero-order chi connectivity index (χ0) is 15.3. The van der Waals surface area contributed by atoms with E-state index in [0.717, 1.165) is 44.9 Å². The van der Waals surface area contributed by atoms with Gasteiger partial charge in [0.1, 0.15) is 0 Å². The summed E-state index contributed by atoms with van der Waals surface area (Å²) in [6, 6.07) is -0.144. The molecule has 0 aromatic rings. The molecule has 0 unspecified atom stereocenters. The number of aliphatic hydroxyl groups excluding tert-OH is 1. The predicted molar refractivity (Wildman–Crippen MR) is 78.0 cm³/mol. The van der Waals surface area contributed by atoms with E-state index in [2.05, 4.69) is 5.32 Å². The number of amides is 2. The van der Waals surface area contributed by atoms with Crippen molar-refractivity contribution in [3.05, 3.63) is 0 Å². The summed E-state index contributed by atoms with van der Waals surface area (Å²) in [7, 11) is 0. The number of carboxylic acid groups (broad SMARTS) is 1. The molecule has 1 aliphatic carbocycles. The minimum absolute atomic E-state index is 0.00580. The second-order valence-corrected chi connectivity index (χ2v) is 6.45. The van der Waals surface area contributed by atoms with Gasteiger partial charge in [0.25, 0.3) is 0 Å². The van der Waals surface area contributed by atoms with Crippen molar-refractivity contribution >= 4 is 12.0 Å². The van der Waals surface area contributed by atoms with Crippen LogP contribution in [0.5, 0.6) is 0 Å². The summed E-state index contributed by atoms with van der Waals surface area (Å²) in [5.74, 6) is -0.562. The molecule has 21 heavy (non-hydrogen) atoms. The summed E-state index contributed by atoms with van der Waals surface area (Å²) in [6.45, 7) is 1.46. The number of nitrogens with zero attached hydrogens (tertiary/aromatic N) is 1. The molecule has 0 bridgehead atoms. The van der Waals surface area contributed by atoms with Crippen LogP contribution in [0.2, 0.25) is 0 Å².